The van der Waals surface area contributed by atoms with Gasteiger partial charge in [0.1, 0.15) is 17.3 Å². The first-order valence-electron chi connectivity index (χ1n) is 6.29. The van der Waals surface area contributed by atoms with Gasteiger partial charge in [0, 0.05) is 18.4 Å². The summed E-state index contributed by atoms with van der Waals surface area (Å²) < 4.78 is 5.07. The van der Waals surface area contributed by atoms with Gasteiger partial charge in [-0.2, -0.15) is 10.4 Å². The molecule has 6 heteroatoms. The van der Waals surface area contributed by atoms with Crippen molar-refractivity contribution in [3.8, 4) is 6.07 Å². The number of H-pyrrole nitrogens is 1. The van der Waals surface area contributed by atoms with Crippen LogP contribution in [0.5, 0.6) is 0 Å². The average Bonchev–Trinajstić information content (AvgIpc) is 2.48. The number of nitriles is 1. The molecule has 21 heavy (non-hydrogen) atoms. The fraction of sp³-hybridized carbons (Fsp3) is 0.200. The minimum Gasteiger partial charge on any atom is -0.380 e. The SMILES string of the molecule is COCc1c(N=Nc2ccccc2)c(C)[nH]c(=O)c1C#N. The summed E-state index contributed by atoms with van der Waals surface area (Å²) in [6.07, 6.45) is 0. The van der Waals surface area contributed by atoms with E-state index in [0.29, 0.717) is 22.6 Å². The Morgan fingerprint density at radius 3 is 2.62 bits per heavy atom. The van der Waals surface area contributed by atoms with E-state index < -0.39 is 5.56 Å². The van der Waals surface area contributed by atoms with E-state index in [1.54, 1.807) is 6.92 Å². The summed E-state index contributed by atoms with van der Waals surface area (Å²) in [5, 5.41) is 17.4. The number of methoxy groups -OCH3 is 1. The van der Waals surface area contributed by atoms with E-state index in [9.17, 15) is 4.79 Å². The number of benzene rings is 1. The fourth-order valence-corrected chi connectivity index (χ4v) is 1.91. The van der Waals surface area contributed by atoms with E-state index in [1.165, 1.54) is 7.11 Å². The number of nitrogens with one attached hydrogen (secondary N) is 1. The van der Waals surface area contributed by atoms with Crippen molar-refractivity contribution in [3.05, 3.63) is 57.5 Å². The smallest absolute Gasteiger partial charge is 0.266 e. The molecule has 0 unspecified atom stereocenters. The van der Waals surface area contributed by atoms with Crippen LogP contribution in [0.1, 0.15) is 16.8 Å². The third kappa shape index (κ3) is 3.22. The van der Waals surface area contributed by atoms with Crippen LogP contribution in [0.2, 0.25) is 0 Å². The minimum absolute atomic E-state index is 0.00413. The highest BCUT2D eigenvalue weighted by Gasteiger charge is 2.15. The molecule has 0 saturated carbocycles. The first-order valence-corrected chi connectivity index (χ1v) is 6.29. The lowest BCUT2D eigenvalue weighted by atomic mass is 10.1. The van der Waals surface area contributed by atoms with Crippen molar-refractivity contribution in [2.24, 2.45) is 10.2 Å². The monoisotopic (exact) mass is 282 g/mol. The number of hydrogen-bond donors (Lipinski definition) is 1. The van der Waals surface area contributed by atoms with Crippen molar-refractivity contribution in [2.75, 3.05) is 7.11 Å². The van der Waals surface area contributed by atoms with Crippen LogP contribution in [-0.4, -0.2) is 12.1 Å². The molecule has 0 fully saturated rings. The molecule has 2 rings (SSSR count). The Kier molecular flexibility index (Phi) is 4.59. The lowest BCUT2D eigenvalue weighted by Gasteiger charge is -2.08. The molecule has 106 valence electrons. The zero-order chi connectivity index (χ0) is 15.2. The first kappa shape index (κ1) is 14.6. The molecule has 0 saturated heterocycles. The Morgan fingerprint density at radius 2 is 2.00 bits per heavy atom. The molecule has 1 N–H and O–H groups in total. The summed E-state index contributed by atoms with van der Waals surface area (Å²) in [6, 6.07) is 11.1. The summed E-state index contributed by atoms with van der Waals surface area (Å²) in [4.78, 5) is 14.4. The van der Waals surface area contributed by atoms with E-state index in [4.69, 9.17) is 10.00 Å². The lowest BCUT2D eigenvalue weighted by Crippen LogP contribution is -2.15. The highest BCUT2D eigenvalue weighted by Crippen LogP contribution is 2.26. The standard InChI is InChI=1S/C15H14N4O2/c1-10-14(19-18-11-6-4-3-5-7-11)13(9-21-2)12(8-16)15(20)17-10/h3-7H,9H2,1-2H3,(H,17,20). The van der Waals surface area contributed by atoms with Gasteiger partial charge < -0.3 is 9.72 Å². The number of ether oxygens (including phenoxy) is 1. The zero-order valence-corrected chi connectivity index (χ0v) is 11.8. The maximum Gasteiger partial charge on any atom is 0.266 e. The molecule has 0 radical (unpaired) electrons. The molecule has 2 aromatic rings. The maximum absolute atomic E-state index is 11.8. The molecule has 0 spiro atoms. The maximum atomic E-state index is 11.8. The van der Waals surface area contributed by atoms with Gasteiger partial charge in [-0.1, -0.05) is 18.2 Å². The Hall–Kier alpha value is -2.78. The molecule has 1 heterocycles. The van der Waals surface area contributed by atoms with E-state index >= 15 is 0 Å². The number of hydrogen-bond acceptors (Lipinski definition) is 5. The summed E-state index contributed by atoms with van der Waals surface area (Å²) >= 11 is 0. The molecule has 0 atom stereocenters. The number of aromatic amines is 1. The molecular formula is C15H14N4O2. The molecule has 1 aromatic heterocycles. The third-order valence-corrected chi connectivity index (χ3v) is 2.89. The van der Waals surface area contributed by atoms with E-state index in [0.717, 1.165) is 0 Å². The van der Waals surface area contributed by atoms with Gasteiger partial charge in [-0.25, -0.2) is 0 Å². The van der Waals surface area contributed by atoms with E-state index in [2.05, 4.69) is 15.2 Å². The molecule has 6 nitrogen and oxygen atoms in total. The number of rotatable bonds is 4. The topological polar surface area (TPSA) is 90.6 Å². The highest BCUT2D eigenvalue weighted by molar-refractivity contribution is 5.56. The number of aromatic nitrogens is 1. The second-order valence-electron chi connectivity index (χ2n) is 4.36. The average molecular weight is 282 g/mol. The van der Waals surface area contributed by atoms with Crippen LogP contribution in [0.3, 0.4) is 0 Å². The van der Waals surface area contributed by atoms with Crippen LogP contribution < -0.4 is 5.56 Å². The molecular weight excluding hydrogens is 268 g/mol. The number of nitrogens with zero attached hydrogens (tertiary/aromatic N) is 3. The number of aryl methyl sites for hydroxylation is 1. The Labute approximate surface area is 121 Å². The normalized spacial score (nSPS) is 10.7. The van der Waals surface area contributed by atoms with Crippen molar-refractivity contribution < 1.29 is 4.74 Å². The summed E-state index contributed by atoms with van der Waals surface area (Å²) in [5.74, 6) is 0. The van der Waals surface area contributed by atoms with Gasteiger partial charge in [0.15, 0.2) is 0 Å². The largest absolute Gasteiger partial charge is 0.380 e. The third-order valence-electron chi connectivity index (χ3n) is 2.89. The molecule has 0 aliphatic rings. The molecule has 0 aliphatic heterocycles. The fourth-order valence-electron chi connectivity index (χ4n) is 1.91. The number of azo groups is 1. The lowest BCUT2D eigenvalue weighted by molar-refractivity contribution is 0.185. The molecule has 1 aromatic carbocycles. The van der Waals surface area contributed by atoms with Crippen molar-refractivity contribution in [1.82, 2.24) is 4.98 Å². The van der Waals surface area contributed by atoms with Crippen LogP contribution in [0.15, 0.2) is 45.4 Å². The minimum atomic E-state index is -0.444. The molecule has 0 amide bonds. The van der Waals surface area contributed by atoms with Crippen LogP contribution in [0, 0.1) is 18.3 Å². The second-order valence-corrected chi connectivity index (χ2v) is 4.36. The second kappa shape index (κ2) is 6.59. The van der Waals surface area contributed by atoms with Crippen molar-refractivity contribution in [1.29, 1.82) is 5.26 Å². The van der Waals surface area contributed by atoms with E-state index in [-0.39, 0.29) is 12.2 Å². The van der Waals surface area contributed by atoms with Crippen LogP contribution in [-0.2, 0) is 11.3 Å². The first-order chi connectivity index (χ1) is 10.2. The van der Waals surface area contributed by atoms with Crippen molar-refractivity contribution in [3.63, 3.8) is 0 Å². The van der Waals surface area contributed by atoms with Crippen LogP contribution in [0.4, 0.5) is 11.4 Å². The quantitative estimate of drug-likeness (QED) is 0.873. The summed E-state index contributed by atoms with van der Waals surface area (Å²) in [7, 11) is 1.50. The van der Waals surface area contributed by atoms with E-state index in [1.807, 2.05) is 36.4 Å². The summed E-state index contributed by atoms with van der Waals surface area (Å²) in [6.45, 7) is 1.83. The van der Waals surface area contributed by atoms with Crippen LogP contribution in [0.25, 0.3) is 0 Å². The van der Waals surface area contributed by atoms with Gasteiger partial charge >= 0.3 is 0 Å². The Balaban J connectivity index is 2.55. The van der Waals surface area contributed by atoms with Crippen LogP contribution >= 0.6 is 0 Å². The van der Waals surface area contributed by atoms with Gasteiger partial charge in [0.05, 0.1) is 12.3 Å². The zero-order valence-electron chi connectivity index (χ0n) is 11.8. The number of pyridine rings is 1. The molecule has 0 bridgehead atoms. The summed E-state index contributed by atoms with van der Waals surface area (Å²) in [5.41, 5.74) is 1.69. The van der Waals surface area contributed by atoms with Gasteiger partial charge in [-0.3, -0.25) is 4.79 Å². The Bertz CT molecular complexity index is 758. The van der Waals surface area contributed by atoms with Gasteiger partial charge in [0.2, 0.25) is 0 Å². The van der Waals surface area contributed by atoms with Gasteiger partial charge in [-0.05, 0) is 19.1 Å². The Morgan fingerprint density at radius 1 is 1.29 bits per heavy atom. The highest BCUT2D eigenvalue weighted by atomic mass is 16.5. The predicted molar refractivity (Wildman–Crippen MR) is 77.8 cm³/mol. The van der Waals surface area contributed by atoms with Gasteiger partial charge in [-0.15, -0.1) is 5.11 Å². The van der Waals surface area contributed by atoms with Crippen molar-refractivity contribution in [2.45, 2.75) is 13.5 Å². The molecule has 0 aliphatic carbocycles. The van der Waals surface area contributed by atoms with Crippen molar-refractivity contribution >= 4 is 11.4 Å². The predicted octanol–water partition coefficient (Wildman–Crippen LogP) is 3.12. The van der Waals surface area contributed by atoms with Gasteiger partial charge in [0.25, 0.3) is 5.56 Å².